The molecule has 3 aromatic rings. The van der Waals surface area contributed by atoms with Gasteiger partial charge < -0.3 is 14.8 Å². The number of rotatable bonds is 7. The van der Waals surface area contributed by atoms with E-state index in [1.54, 1.807) is 31.4 Å². The second-order valence-electron chi connectivity index (χ2n) is 10.3. The molecule has 1 aliphatic heterocycles. The van der Waals surface area contributed by atoms with E-state index in [0.717, 1.165) is 22.3 Å². The molecule has 0 unspecified atom stereocenters. The van der Waals surface area contributed by atoms with E-state index in [2.05, 4.69) is 5.32 Å². The fourth-order valence-corrected chi connectivity index (χ4v) is 5.56. The Bertz CT molecular complexity index is 1410. The van der Waals surface area contributed by atoms with Crippen molar-refractivity contribution in [3.8, 4) is 11.5 Å². The van der Waals surface area contributed by atoms with Gasteiger partial charge in [0.25, 0.3) is 5.91 Å². The number of anilines is 1. The Labute approximate surface area is 219 Å². The summed E-state index contributed by atoms with van der Waals surface area (Å²) in [6.07, 6.45) is 1.83. The lowest BCUT2D eigenvalue weighted by Gasteiger charge is -2.38. The van der Waals surface area contributed by atoms with Gasteiger partial charge in [0.1, 0.15) is 17.1 Å². The molecule has 7 nitrogen and oxygen atoms in total. The number of ether oxygens (including phenoxy) is 2. The summed E-state index contributed by atoms with van der Waals surface area (Å²) in [4.78, 5) is 13.2. The highest BCUT2D eigenvalue weighted by Crippen LogP contribution is 2.41. The summed E-state index contributed by atoms with van der Waals surface area (Å²) < 4.78 is 38.1. The maximum atomic E-state index is 13.2. The number of nitrogens with zero attached hydrogens (tertiary/aromatic N) is 1. The average molecular weight is 523 g/mol. The van der Waals surface area contributed by atoms with Crippen LogP contribution in [0.15, 0.2) is 60.7 Å². The van der Waals surface area contributed by atoms with Crippen molar-refractivity contribution in [3.63, 3.8) is 0 Å². The summed E-state index contributed by atoms with van der Waals surface area (Å²) >= 11 is 0. The van der Waals surface area contributed by atoms with Crippen molar-refractivity contribution in [2.45, 2.75) is 52.3 Å². The van der Waals surface area contributed by atoms with Crippen LogP contribution in [0.4, 0.5) is 5.69 Å². The maximum Gasteiger partial charge on any atom is 0.251 e. The average Bonchev–Trinajstić information content (AvgIpc) is 2.82. The molecule has 0 radical (unpaired) electrons. The monoisotopic (exact) mass is 522 g/mol. The number of sulfonamides is 1. The van der Waals surface area contributed by atoms with Crippen molar-refractivity contribution in [1.29, 1.82) is 0 Å². The first kappa shape index (κ1) is 26.5. The quantitative estimate of drug-likeness (QED) is 0.455. The number of amides is 1. The number of nitrogens with one attached hydrogen (secondary N) is 1. The highest BCUT2D eigenvalue weighted by molar-refractivity contribution is 7.92. The number of hydrogen-bond acceptors (Lipinski definition) is 5. The van der Waals surface area contributed by atoms with Crippen molar-refractivity contribution < 1.29 is 22.7 Å². The van der Waals surface area contributed by atoms with Gasteiger partial charge in [0.15, 0.2) is 0 Å². The van der Waals surface area contributed by atoms with Crippen molar-refractivity contribution in [1.82, 2.24) is 5.32 Å². The van der Waals surface area contributed by atoms with Crippen LogP contribution in [0.2, 0.25) is 0 Å². The number of fused-ring (bicyclic) bond motifs is 1. The fraction of sp³-hybridized carbons (Fsp3) is 0.345. The molecule has 1 atom stereocenters. The normalized spacial score (nSPS) is 16.3. The van der Waals surface area contributed by atoms with Gasteiger partial charge in [-0.2, -0.15) is 0 Å². The van der Waals surface area contributed by atoms with E-state index in [1.165, 1.54) is 10.6 Å². The smallest absolute Gasteiger partial charge is 0.251 e. The van der Waals surface area contributed by atoms with E-state index < -0.39 is 15.6 Å². The van der Waals surface area contributed by atoms with Crippen molar-refractivity contribution in [3.05, 3.63) is 88.5 Å². The minimum Gasteiger partial charge on any atom is -0.497 e. The van der Waals surface area contributed by atoms with Crippen LogP contribution in [0.3, 0.4) is 0 Å². The molecular weight excluding hydrogens is 488 g/mol. The Morgan fingerprint density at radius 1 is 1.08 bits per heavy atom. The zero-order chi connectivity index (χ0) is 27.0. The first-order valence-corrected chi connectivity index (χ1v) is 14.0. The zero-order valence-corrected chi connectivity index (χ0v) is 23.0. The Morgan fingerprint density at radius 3 is 2.43 bits per heavy atom. The molecule has 1 heterocycles. The van der Waals surface area contributed by atoms with E-state index >= 15 is 0 Å². The molecule has 196 valence electrons. The lowest BCUT2D eigenvalue weighted by atomic mass is 9.89. The zero-order valence-electron chi connectivity index (χ0n) is 22.2. The molecule has 0 aliphatic carbocycles. The third-order valence-corrected chi connectivity index (χ3v) is 7.69. The molecule has 4 rings (SSSR count). The van der Waals surface area contributed by atoms with Gasteiger partial charge in [-0.25, -0.2) is 8.42 Å². The summed E-state index contributed by atoms with van der Waals surface area (Å²) in [6.45, 7) is 7.99. The number of benzene rings is 3. The topological polar surface area (TPSA) is 84.9 Å². The Kier molecular flexibility index (Phi) is 7.24. The second-order valence-corrected chi connectivity index (χ2v) is 12.2. The van der Waals surface area contributed by atoms with Gasteiger partial charge in [0.05, 0.1) is 31.6 Å². The van der Waals surface area contributed by atoms with Crippen molar-refractivity contribution >= 4 is 21.6 Å². The Hall–Kier alpha value is -3.52. The summed E-state index contributed by atoms with van der Waals surface area (Å²) in [5.74, 6) is 1.19. The molecule has 0 saturated heterocycles. The van der Waals surface area contributed by atoms with Gasteiger partial charge in [-0.3, -0.25) is 9.10 Å². The summed E-state index contributed by atoms with van der Waals surface area (Å²) in [6, 6.07) is 18.2. The lowest BCUT2D eigenvalue weighted by molar-refractivity contribution is 0.0617. The van der Waals surface area contributed by atoms with Crippen LogP contribution < -0.4 is 19.1 Å². The molecule has 37 heavy (non-hydrogen) atoms. The van der Waals surface area contributed by atoms with Crippen LogP contribution >= 0.6 is 0 Å². The molecule has 1 N–H and O–H groups in total. The summed E-state index contributed by atoms with van der Waals surface area (Å²) in [7, 11) is -1.91. The highest BCUT2D eigenvalue weighted by Gasteiger charge is 2.35. The van der Waals surface area contributed by atoms with E-state index in [4.69, 9.17) is 9.47 Å². The van der Waals surface area contributed by atoms with Gasteiger partial charge >= 0.3 is 0 Å². The Balaban J connectivity index is 1.53. The number of aryl methyl sites for hydroxylation is 2. The van der Waals surface area contributed by atoms with Gasteiger partial charge in [0.2, 0.25) is 10.0 Å². The van der Waals surface area contributed by atoms with Crippen molar-refractivity contribution in [2.75, 3.05) is 17.7 Å². The summed E-state index contributed by atoms with van der Waals surface area (Å²) in [5.41, 5.74) is 4.25. The lowest BCUT2D eigenvalue weighted by Crippen LogP contribution is -2.41. The Morgan fingerprint density at radius 2 is 1.78 bits per heavy atom. The van der Waals surface area contributed by atoms with Crippen LogP contribution in [-0.4, -0.2) is 33.3 Å². The highest BCUT2D eigenvalue weighted by atomic mass is 32.2. The SMILES string of the molecule is COc1ccc2c(c1)OC(C)(C)C[C@H]2NC(=O)c1ccc(CN(c2cc(C)ccc2C)S(C)(=O)=O)cc1. The van der Waals surface area contributed by atoms with Crippen LogP contribution in [0.25, 0.3) is 0 Å². The number of hydrogen-bond donors (Lipinski definition) is 1. The standard InChI is InChI=1S/C29H34N2O5S/c1-19-7-8-20(2)26(15-19)31(37(6,33)34)18-21-9-11-22(12-10-21)28(32)30-25-17-29(3,4)36-27-16-23(35-5)13-14-24(25)27/h7-16,25H,17-18H2,1-6H3,(H,30,32)/t25-/m1/s1. The molecule has 1 amide bonds. The third kappa shape index (κ3) is 6.07. The van der Waals surface area contributed by atoms with Crippen LogP contribution in [0.1, 0.15) is 58.9 Å². The second kappa shape index (κ2) is 10.1. The first-order valence-electron chi connectivity index (χ1n) is 12.2. The number of methoxy groups -OCH3 is 1. The van der Waals surface area contributed by atoms with Crippen molar-refractivity contribution in [2.24, 2.45) is 0 Å². The van der Waals surface area contributed by atoms with Crippen LogP contribution in [-0.2, 0) is 16.6 Å². The van der Waals surface area contributed by atoms with E-state index in [9.17, 15) is 13.2 Å². The molecule has 1 aliphatic rings. The fourth-order valence-electron chi connectivity index (χ4n) is 4.63. The molecule has 3 aromatic carbocycles. The molecule has 0 fully saturated rings. The van der Waals surface area contributed by atoms with E-state index in [0.29, 0.717) is 29.2 Å². The van der Waals surface area contributed by atoms with Gasteiger partial charge in [-0.1, -0.05) is 24.3 Å². The van der Waals surface area contributed by atoms with Gasteiger partial charge in [-0.05, 0) is 74.7 Å². The van der Waals surface area contributed by atoms with E-state index in [1.807, 2.05) is 64.1 Å². The maximum absolute atomic E-state index is 13.2. The predicted molar refractivity (Wildman–Crippen MR) is 146 cm³/mol. The molecule has 8 heteroatoms. The van der Waals surface area contributed by atoms with Gasteiger partial charge in [0, 0.05) is 23.6 Å². The third-order valence-electron chi connectivity index (χ3n) is 6.56. The number of carbonyl (C=O) groups is 1. The van der Waals surface area contributed by atoms with Gasteiger partial charge in [-0.15, -0.1) is 0 Å². The molecule has 0 aromatic heterocycles. The van der Waals surface area contributed by atoms with Crippen LogP contribution in [0.5, 0.6) is 11.5 Å². The molecule has 0 bridgehead atoms. The number of carbonyl (C=O) groups excluding carboxylic acids is 1. The summed E-state index contributed by atoms with van der Waals surface area (Å²) in [5, 5.41) is 3.14. The minimum absolute atomic E-state index is 0.175. The molecule has 0 spiro atoms. The molecule has 0 saturated carbocycles. The first-order chi connectivity index (χ1) is 17.4. The molecular formula is C29H34N2O5S. The minimum atomic E-state index is -3.51. The van der Waals surface area contributed by atoms with E-state index in [-0.39, 0.29) is 18.5 Å². The largest absolute Gasteiger partial charge is 0.497 e. The predicted octanol–water partition coefficient (Wildman–Crippen LogP) is 5.31. The van der Waals surface area contributed by atoms with Crippen LogP contribution in [0, 0.1) is 13.8 Å².